The lowest BCUT2D eigenvalue weighted by Gasteiger charge is -2.08. The average Bonchev–Trinajstić information content (AvgIpc) is 2.94. The Bertz CT molecular complexity index is 1130. The number of fused-ring (bicyclic) bond motifs is 1. The molecule has 0 radical (unpaired) electrons. The van der Waals surface area contributed by atoms with Crippen LogP contribution in [0.2, 0.25) is 10.0 Å². The molecule has 130 valence electrons. The summed E-state index contributed by atoms with van der Waals surface area (Å²) in [4.78, 5) is 15.3. The Balaban J connectivity index is 1.69. The summed E-state index contributed by atoms with van der Waals surface area (Å²) >= 11 is 12.3. The molecular formula is C20H15Cl2N3O. The van der Waals surface area contributed by atoms with Crippen molar-refractivity contribution in [3.05, 3.63) is 92.8 Å². The minimum Gasteiger partial charge on any atom is -0.355 e. The number of anilines is 2. The van der Waals surface area contributed by atoms with Crippen molar-refractivity contribution in [2.45, 2.75) is 6.54 Å². The fraction of sp³-hybridized carbons (Fsp3) is 0.0500. The maximum atomic E-state index is 12.4. The number of nitrogens with one attached hydrogen (secondary N) is 2. The van der Waals surface area contributed by atoms with Crippen LogP contribution in [0.15, 0.2) is 71.5 Å². The Kier molecular flexibility index (Phi) is 4.45. The van der Waals surface area contributed by atoms with Crippen LogP contribution in [0.1, 0.15) is 5.56 Å². The van der Waals surface area contributed by atoms with Crippen molar-refractivity contribution >= 4 is 45.6 Å². The van der Waals surface area contributed by atoms with E-state index in [1.54, 1.807) is 22.8 Å². The maximum Gasteiger partial charge on any atom is 0.326 e. The van der Waals surface area contributed by atoms with Crippen LogP contribution < -0.4 is 11.0 Å². The average molecular weight is 384 g/mol. The molecule has 6 heteroatoms. The van der Waals surface area contributed by atoms with Gasteiger partial charge in [0.25, 0.3) is 0 Å². The highest BCUT2D eigenvalue weighted by atomic mass is 35.5. The highest BCUT2D eigenvalue weighted by molar-refractivity contribution is 6.33. The van der Waals surface area contributed by atoms with E-state index in [-0.39, 0.29) is 5.69 Å². The molecule has 3 aromatic carbocycles. The van der Waals surface area contributed by atoms with Gasteiger partial charge in [0.15, 0.2) is 0 Å². The summed E-state index contributed by atoms with van der Waals surface area (Å²) in [6.07, 6.45) is 0. The Hall–Kier alpha value is -2.69. The second-order valence-electron chi connectivity index (χ2n) is 5.97. The number of benzene rings is 3. The molecule has 4 rings (SSSR count). The Labute approximate surface area is 160 Å². The predicted molar refractivity (Wildman–Crippen MR) is 108 cm³/mol. The third-order valence-corrected chi connectivity index (χ3v) is 4.78. The Morgan fingerprint density at radius 2 is 1.73 bits per heavy atom. The van der Waals surface area contributed by atoms with E-state index in [0.29, 0.717) is 16.6 Å². The van der Waals surface area contributed by atoms with Crippen LogP contribution in [0.3, 0.4) is 0 Å². The molecule has 0 fully saturated rings. The lowest BCUT2D eigenvalue weighted by molar-refractivity contribution is 0.787. The monoisotopic (exact) mass is 383 g/mol. The molecule has 0 bridgehead atoms. The fourth-order valence-corrected chi connectivity index (χ4v) is 3.29. The first-order valence-corrected chi connectivity index (χ1v) is 8.84. The van der Waals surface area contributed by atoms with E-state index >= 15 is 0 Å². The zero-order valence-corrected chi connectivity index (χ0v) is 15.2. The molecule has 2 N–H and O–H groups in total. The third-order valence-electron chi connectivity index (χ3n) is 4.17. The number of para-hydroxylation sites is 1. The van der Waals surface area contributed by atoms with Crippen molar-refractivity contribution in [2.24, 2.45) is 0 Å². The summed E-state index contributed by atoms with van der Waals surface area (Å²) in [5, 5.41) is 4.49. The summed E-state index contributed by atoms with van der Waals surface area (Å²) in [6, 6.07) is 20.9. The van der Waals surface area contributed by atoms with E-state index in [4.69, 9.17) is 23.2 Å². The molecule has 0 spiro atoms. The van der Waals surface area contributed by atoms with Crippen LogP contribution in [0.5, 0.6) is 0 Å². The lowest BCUT2D eigenvalue weighted by Crippen LogP contribution is -2.17. The highest BCUT2D eigenvalue weighted by Gasteiger charge is 2.10. The standard InChI is InChI=1S/C20H15Cl2N3O/c21-14-6-8-17(22)13(10-14)12-25-19-9-7-16(11-18(19)24-20(25)26)23-15-4-2-1-3-5-15/h1-11,23H,12H2,(H,24,26). The number of nitrogens with zero attached hydrogens (tertiary/aromatic N) is 1. The second kappa shape index (κ2) is 6.90. The number of halogens is 2. The number of imidazole rings is 1. The van der Waals surface area contributed by atoms with Gasteiger partial charge in [-0.3, -0.25) is 4.57 Å². The van der Waals surface area contributed by atoms with E-state index in [0.717, 1.165) is 28.0 Å². The molecule has 0 amide bonds. The molecule has 1 heterocycles. The Morgan fingerprint density at radius 1 is 0.923 bits per heavy atom. The molecule has 1 aromatic heterocycles. The molecule has 0 aliphatic carbocycles. The van der Waals surface area contributed by atoms with Gasteiger partial charge >= 0.3 is 5.69 Å². The van der Waals surface area contributed by atoms with Crippen molar-refractivity contribution < 1.29 is 0 Å². The first kappa shape index (κ1) is 16.8. The topological polar surface area (TPSA) is 49.8 Å². The quantitative estimate of drug-likeness (QED) is 0.493. The minimum atomic E-state index is -0.187. The number of hydrogen-bond donors (Lipinski definition) is 2. The summed E-state index contributed by atoms with van der Waals surface area (Å²) in [6.45, 7) is 0.351. The van der Waals surface area contributed by atoms with Gasteiger partial charge in [-0.15, -0.1) is 0 Å². The van der Waals surface area contributed by atoms with Gasteiger partial charge in [0.1, 0.15) is 0 Å². The van der Waals surface area contributed by atoms with E-state index in [9.17, 15) is 4.79 Å². The minimum absolute atomic E-state index is 0.187. The molecule has 0 saturated heterocycles. The molecule has 4 aromatic rings. The Morgan fingerprint density at radius 3 is 2.54 bits per heavy atom. The van der Waals surface area contributed by atoms with Crippen molar-refractivity contribution in [1.82, 2.24) is 9.55 Å². The van der Waals surface area contributed by atoms with Gasteiger partial charge in [0, 0.05) is 21.4 Å². The smallest absolute Gasteiger partial charge is 0.326 e. The van der Waals surface area contributed by atoms with Crippen molar-refractivity contribution in [3.8, 4) is 0 Å². The first-order chi connectivity index (χ1) is 12.6. The van der Waals surface area contributed by atoms with Gasteiger partial charge in [0.2, 0.25) is 0 Å². The predicted octanol–water partition coefficient (Wildman–Crippen LogP) is 5.43. The number of hydrogen-bond acceptors (Lipinski definition) is 2. The number of rotatable bonds is 4. The number of H-pyrrole nitrogens is 1. The number of aromatic amines is 1. The molecule has 0 saturated carbocycles. The summed E-state index contributed by atoms with van der Waals surface area (Å²) in [5.41, 5.74) is 4.07. The van der Waals surface area contributed by atoms with Crippen LogP contribution in [-0.4, -0.2) is 9.55 Å². The van der Waals surface area contributed by atoms with Crippen LogP contribution in [0.4, 0.5) is 11.4 Å². The molecular weight excluding hydrogens is 369 g/mol. The first-order valence-electron chi connectivity index (χ1n) is 8.09. The van der Waals surface area contributed by atoms with E-state index < -0.39 is 0 Å². The molecule has 0 aliphatic heterocycles. The highest BCUT2D eigenvalue weighted by Crippen LogP contribution is 2.24. The van der Waals surface area contributed by atoms with E-state index in [1.165, 1.54) is 0 Å². The van der Waals surface area contributed by atoms with Crippen LogP contribution in [0.25, 0.3) is 11.0 Å². The summed E-state index contributed by atoms with van der Waals surface area (Å²) < 4.78 is 1.65. The normalized spacial score (nSPS) is 11.0. The van der Waals surface area contributed by atoms with Crippen LogP contribution >= 0.6 is 23.2 Å². The molecule has 26 heavy (non-hydrogen) atoms. The fourth-order valence-electron chi connectivity index (χ4n) is 2.92. The van der Waals surface area contributed by atoms with E-state index in [1.807, 2.05) is 48.5 Å². The number of aromatic nitrogens is 2. The van der Waals surface area contributed by atoms with Gasteiger partial charge in [-0.25, -0.2) is 4.79 Å². The van der Waals surface area contributed by atoms with Crippen LogP contribution in [-0.2, 0) is 6.54 Å². The SMILES string of the molecule is O=c1[nH]c2cc(Nc3ccccc3)ccc2n1Cc1cc(Cl)ccc1Cl. The summed E-state index contributed by atoms with van der Waals surface area (Å²) in [7, 11) is 0. The molecule has 0 atom stereocenters. The second-order valence-corrected chi connectivity index (χ2v) is 6.82. The summed E-state index contributed by atoms with van der Waals surface area (Å²) in [5.74, 6) is 0. The van der Waals surface area contributed by atoms with Gasteiger partial charge in [-0.1, -0.05) is 41.4 Å². The largest absolute Gasteiger partial charge is 0.355 e. The zero-order chi connectivity index (χ0) is 18.1. The van der Waals surface area contributed by atoms with Gasteiger partial charge in [0.05, 0.1) is 17.6 Å². The molecule has 0 unspecified atom stereocenters. The van der Waals surface area contributed by atoms with Gasteiger partial charge in [-0.2, -0.15) is 0 Å². The van der Waals surface area contributed by atoms with Gasteiger partial charge < -0.3 is 10.3 Å². The van der Waals surface area contributed by atoms with E-state index in [2.05, 4.69) is 10.3 Å². The molecule has 4 nitrogen and oxygen atoms in total. The van der Waals surface area contributed by atoms with Gasteiger partial charge in [-0.05, 0) is 54.1 Å². The van der Waals surface area contributed by atoms with Crippen LogP contribution in [0, 0.1) is 0 Å². The van der Waals surface area contributed by atoms with Crippen molar-refractivity contribution in [2.75, 3.05) is 5.32 Å². The van der Waals surface area contributed by atoms with Crippen molar-refractivity contribution in [1.29, 1.82) is 0 Å². The maximum absolute atomic E-state index is 12.4. The van der Waals surface area contributed by atoms with Crippen molar-refractivity contribution in [3.63, 3.8) is 0 Å². The zero-order valence-electron chi connectivity index (χ0n) is 13.7. The lowest BCUT2D eigenvalue weighted by atomic mass is 10.2. The third kappa shape index (κ3) is 3.34. The molecule has 0 aliphatic rings.